The van der Waals surface area contributed by atoms with Crippen molar-refractivity contribution < 1.29 is 28.4 Å². The molecule has 0 fully saturated rings. The van der Waals surface area contributed by atoms with E-state index >= 15 is 0 Å². The number of nitrogens with two attached hydrogens (primary N) is 1. The van der Waals surface area contributed by atoms with Crippen LogP contribution < -0.4 is 41.4 Å². The Kier molecular flexibility index (Phi) is 14.2. The summed E-state index contributed by atoms with van der Waals surface area (Å²) in [7, 11) is 3.45. The van der Waals surface area contributed by atoms with E-state index in [4.69, 9.17) is 19.9 Å². The summed E-state index contributed by atoms with van der Waals surface area (Å²) in [4.78, 5) is 28.2. The van der Waals surface area contributed by atoms with Crippen LogP contribution in [0.25, 0.3) is 10.8 Å². The fourth-order valence-electron chi connectivity index (χ4n) is 10.7. The largest absolute Gasteiger partial charge is 0.497 e. The van der Waals surface area contributed by atoms with E-state index < -0.39 is 11.6 Å². The maximum atomic E-state index is 12.9. The van der Waals surface area contributed by atoms with Gasteiger partial charge in [0.1, 0.15) is 30.3 Å². The zero-order chi connectivity index (χ0) is 49.1. The van der Waals surface area contributed by atoms with Crippen molar-refractivity contribution in [2.75, 3.05) is 68.3 Å². The van der Waals surface area contributed by atoms with E-state index in [1.54, 1.807) is 14.2 Å². The summed E-state index contributed by atoms with van der Waals surface area (Å²) in [6.07, 6.45) is 14.1. The van der Waals surface area contributed by atoms with Crippen molar-refractivity contribution in [2.45, 2.75) is 110 Å². The molecule has 12 heteroatoms. The van der Waals surface area contributed by atoms with E-state index in [1.807, 2.05) is 37.3 Å². The number of carbonyl (C=O) groups is 2. The highest BCUT2D eigenvalue weighted by Crippen LogP contribution is 2.49. The molecular formula is C57H72N7O5+. The van der Waals surface area contributed by atoms with Crippen LogP contribution in [0.3, 0.4) is 0 Å². The summed E-state index contributed by atoms with van der Waals surface area (Å²) in [5.41, 5.74) is 18.9. The minimum atomic E-state index is -0.726. The molecule has 3 aliphatic heterocycles. The molecule has 1 unspecified atom stereocenters. The van der Waals surface area contributed by atoms with E-state index in [2.05, 4.69) is 133 Å². The Morgan fingerprint density at radius 2 is 1.55 bits per heavy atom. The number of carbonyl (C=O) groups excluding carboxylic acids is 2. The second-order valence-corrected chi connectivity index (χ2v) is 19.9. The molecular weight excluding hydrogens is 863 g/mol. The van der Waals surface area contributed by atoms with Gasteiger partial charge in [0.2, 0.25) is 11.6 Å². The first-order valence-corrected chi connectivity index (χ1v) is 24.8. The number of amides is 1. The molecule has 0 spiro atoms. The molecule has 3 heterocycles. The van der Waals surface area contributed by atoms with Gasteiger partial charge in [-0.2, -0.15) is 4.58 Å². The van der Waals surface area contributed by atoms with Gasteiger partial charge in [-0.05, 0) is 138 Å². The molecule has 0 aromatic heterocycles. The lowest BCUT2D eigenvalue weighted by Crippen LogP contribution is -2.49. The maximum absolute atomic E-state index is 12.9. The van der Waals surface area contributed by atoms with Gasteiger partial charge in [-0.15, -0.1) is 0 Å². The Morgan fingerprint density at radius 3 is 2.29 bits per heavy atom. The minimum Gasteiger partial charge on any atom is -0.497 e. The second-order valence-electron chi connectivity index (χ2n) is 19.9. The number of methoxy groups -OCH3 is 2. The average molecular weight is 935 g/mol. The normalized spacial score (nSPS) is 20.0. The summed E-state index contributed by atoms with van der Waals surface area (Å²) in [5, 5.41) is 15.8. The van der Waals surface area contributed by atoms with E-state index in [-0.39, 0.29) is 36.2 Å². The number of anilines is 4. The van der Waals surface area contributed by atoms with Gasteiger partial charge in [-0.1, -0.05) is 38.1 Å². The van der Waals surface area contributed by atoms with E-state index in [0.717, 1.165) is 85.4 Å². The number of nitrogens with one attached hydrogen (secondary N) is 4. The Labute approximate surface area is 408 Å². The summed E-state index contributed by atoms with van der Waals surface area (Å²) in [6, 6.07) is 22.6. The first-order chi connectivity index (χ1) is 33.1. The fraction of sp³-hybridized carbons (Fsp3) is 0.421. The van der Waals surface area contributed by atoms with Crippen molar-refractivity contribution in [1.82, 2.24) is 10.6 Å². The fourth-order valence-corrected chi connectivity index (χ4v) is 10.7. The Morgan fingerprint density at radius 1 is 0.826 bits per heavy atom. The monoisotopic (exact) mass is 935 g/mol. The highest BCUT2D eigenvalue weighted by molar-refractivity contribution is 6.10. The summed E-state index contributed by atoms with van der Waals surface area (Å²) in [5.74, 6) is 1.16. The highest BCUT2D eigenvalue weighted by atomic mass is 16.5. The van der Waals surface area contributed by atoms with Gasteiger partial charge < -0.3 is 46.1 Å². The zero-order valence-electron chi connectivity index (χ0n) is 42.2. The van der Waals surface area contributed by atoms with Crippen molar-refractivity contribution in [2.24, 2.45) is 0 Å². The average Bonchev–Trinajstić information content (AvgIpc) is 3.70. The number of esters is 1. The van der Waals surface area contributed by atoms with Crippen LogP contribution in [-0.4, -0.2) is 74.8 Å². The Balaban J connectivity index is 0.912. The van der Waals surface area contributed by atoms with Crippen LogP contribution in [0.4, 0.5) is 28.4 Å². The number of hydrogen-bond donors (Lipinski definition) is 5. The summed E-state index contributed by atoms with van der Waals surface area (Å²) in [6.45, 7) is 18.7. The molecule has 4 aromatic carbocycles. The zero-order valence-corrected chi connectivity index (χ0v) is 42.2. The molecule has 69 heavy (non-hydrogen) atoms. The standard InChI is InChI=1S/C57H71N7O5/c1-10-63-47-26-22-39(67-8)34-42(47)55(3,4)49(63)28-20-37-16-14-17-38(21-29-50-56(5,6)43-35-40(68-9)23-27-48(43)64(50)11-2)54(37)60-33-13-12-32-59-51(65)30-31-52(66)69-36-57(7)61-45-19-15-18-41-44(58)24-25-46(62-57)53(41)45/h15,18-29,34-35,61-62H,10-14,16-17,30-33,36,58H2,1-9H3,(H,59,65)/p+1/b37-20+,49-28+. The lowest BCUT2D eigenvalue weighted by atomic mass is 9.80. The van der Waals surface area contributed by atoms with Crippen LogP contribution in [-0.2, 0) is 25.2 Å². The summed E-state index contributed by atoms with van der Waals surface area (Å²) < 4.78 is 19.4. The molecule has 4 aromatic rings. The predicted molar refractivity (Wildman–Crippen MR) is 281 cm³/mol. The number of nitrogen functional groups attached to an aromatic ring is 1. The van der Waals surface area contributed by atoms with Crippen molar-refractivity contribution in [3.63, 3.8) is 0 Å². The van der Waals surface area contributed by atoms with Crippen molar-refractivity contribution in [3.05, 3.63) is 125 Å². The molecule has 0 radical (unpaired) electrons. The molecule has 8 rings (SSSR count). The van der Waals surface area contributed by atoms with Gasteiger partial charge >= 0.3 is 5.97 Å². The number of hydrogen-bond acceptors (Lipinski definition) is 10. The van der Waals surface area contributed by atoms with Crippen molar-refractivity contribution in [3.8, 4) is 11.5 Å². The number of rotatable bonds is 18. The predicted octanol–water partition coefficient (Wildman–Crippen LogP) is 10.5. The van der Waals surface area contributed by atoms with Crippen LogP contribution in [0.2, 0.25) is 0 Å². The highest BCUT2D eigenvalue weighted by Gasteiger charge is 2.44. The molecule has 1 atom stereocenters. The van der Waals surface area contributed by atoms with E-state index in [1.165, 1.54) is 50.8 Å². The van der Waals surface area contributed by atoms with Crippen molar-refractivity contribution >= 4 is 56.8 Å². The molecule has 1 aliphatic carbocycles. The number of ether oxygens (including phenoxy) is 3. The molecule has 0 saturated carbocycles. The number of fused-ring (bicyclic) bond motifs is 2. The number of likely N-dealkylation sites (N-methyl/N-ethyl adjacent to an activating group) is 1. The van der Waals surface area contributed by atoms with Gasteiger partial charge in [-0.25, -0.2) is 0 Å². The molecule has 4 aliphatic rings. The third-order valence-electron chi connectivity index (χ3n) is 14.5. The van der Waals surface area contributed by atoms with Gasteiger partial charge in [0.25, 0.3) is 0 Å². The smallest absolute Gasteiger partial charge is 0.306 e. The maximum Gasteiger partial charge on any atom is 0.306 e. The quantitative estimate of drug-likeness (QED) is 0.0283. The Hall–Kier alpha value is -6.69. The number of allylic oxidation sites excluding steroid dienone is 7. The second kappa shape index (κ2) is 20.1. The lowest BCUT2D eigenvalue weighted by Gasteiger charge is -2.38. The SMILES string of the molecule is CCN1/C(=C/C=C2\CCCC(/C=C/C3=[N+](CC)c4ccc(OC)cc4C3(C)C)=C2NCCCCNC(=O)CCC(=O)OCC2(C)Nc3cccc4c(N)ccc(c34)N2)C(C)(C)c2cc(OC)ccc21. The molecule has 1 amide bonds. The van der Waals surface area contributed by atoms with Gasteiger partial charge in [0.15, 0.2) is 5.71 Å². The van der Waals surface area contributed by atoms with Crippen molar-refractivity contribution in [1.29, 1.82) is 0 Å². The Bertz CT molecular complexity index is 2780. The first kappa shape index (κ1) is 48.8. The molecule has 0 bridgehead atoms. The van der Waals surface area contributed by atoms with Gasteiger partial charge in [0, 0.05) is 94.1 Å². The van der Waals surface area contributed by atoms with Gasteiger partial charge in [0.05, 0.1) is 26.1 Å². The number of nitrogens with zero attached hydrogens (tertiary/aromatic N) is 2. The van der Waals surface area contributed by atoms with Crippen LogP contribution in [0, 0.1) is 0 Å². The first-order valence-electron chi connectivity index (χ1n) is 24.8. The van der Waals surface area contributed by atoms with E-state index in [0.29, 0.717) is 12.2 Å². The summed E-state index contributed by atoms with van der Waals surface area (Å²) >= 11 is 0. The van der Waals surface area contributed by atoms with E-state index in [9.17, 15) is 9.59 Å². The van der Waals surface area contributed by atoms with Crippen LogP contribution in [0.15, 0.2) is 114 Å². The molecule has 0 saturated heterocycles. The van der Waals surface area contributed by atoms with Crippen LogP contribution in [0.1, 0.15) is 105 Å². The number of unbranched alkanes of at least 4 members (excludes halogenated alkanes) is 1. The third-order valence-corrected chi connectivity index (χ3v) is 14.5. The minimum absolute atomic E-state index is 0.00198. The molecule has 364 valence electrons. The topological polar surface area (TPSA) is 142 Å². The molecule has 12 nitrogen and oxygen atoms in total. The molecule has 6 N–H and O–H groups in total. The third kappa shape index (κ3) is 9.80. The van der Waals surface area contributed by atoms with Gasteiger partial charge in [-0.3, -0.25) is 9.59 Å². The van der Waals surface area contributed by atoms with Crippen LogP contribution >= 0.6 is 0 Å². The number of benzene rings is 4. The van der Waals surface area contributed by atoms with Crippen LogP contribution in [0.5, 0.6) is 11.5 Å². The lowest BCUT2D eigenvalue weighted by molar-refractivity contribution is -0.433.